The summed E-state index contributed by atoms with van der Waals surface area (Å²) in [6.07, 6.45) is 5.80. The Hall–Kier alpha value is -2.18. The Kier molecular flexibility index (Phi) is 11.5. The molecule has 3 aromatic carbocycles. The number of amides is 2. The van der Waals surface area contributed by atoms with Gasteiger partial charge in [-0.25, -0.2) is 0 Å². The zero-order valence-corrected chi connectivity index (χ0v) is 24.8. The van der Waals surface area contributed by atoms with Crippen molar-refractivity contribution in [3.63, 3.8) is 0 Å². The first-order chi connectivity index (χ1) is 18.9. The molecular weight excluding hydrogens is 571 g/mol. The molecule has 0 aliphatic heterocycles. The molecule has 0 heterocycles. The topological polar surface area (TPSA) is 49.4 Å². The molecular formula is C31H33Cl3N2O2S. The number of rotatable bonds is 11. The molecule has 0 spiro atoms. The van der Waals surface area contributed by atoms with Crippen molar-refractivity contribution < 1.29 is 9.59 Å². The SMILES string of the molecule is O=C(NC1CCCCC1)[C@@H](Cc1ccccc1)N(Cc1ccccc1Cl)C(=O)CSCc1ccc(Cl)c(Cl)c1. The molecule has 0 aromatic heterocycles. The number of nitrogens with zero attached hydrogens (tertiary/aromatic N) is 1. The Labute approximate surface area is 250 Å². The second kappa shape index (κ2) is 15.0. The number of hydrogen-bond acceptors (Lipinski definition) is 3. The van der Waals surface area contributed by atoms with Crippen LogP contribution in [-0.4, -0.2) is 34.6 Å². The summed E-state index contributed by atoms with van der Waals surface area (Å²) < 4.78 is 0. The van der Waals surface area contributed by atoms with E-state index in [-0.39, 0.29) is 30.2 Å². The maximum atomic E-state index is 13.8. The Balaban J connectivity index is 1.57. The van der Waals surface area contributed by atoms with Crippen LogP contribution in [0.3, 0.4) is 0 Å². The third-order valence-electron chi connectivity index (χ3n) is 7.00. The van der Waals surface area contributed by atoms with Crippen LogP contribution in [0.4, 0.5) is 0 Å². The summed E-state index contributed by atoms with van der Waals surface area (Å²) in [6, 6.07) is 22.3. The molecule has 8 heteroatoms. The van der Waals surface area contributed by atoms with Gasteiger partial charge in [0.1, 0.15) is 6.04 Å². The van der Waals surface area contributed by atoms with Gasteiger partial charge in [-0.05, 0) is 47.7 Å². The van der Waals surface area contributed by atoms with Gasteiger partial charge in [0.05, 0.1) is 15.8 Å². The third kappa shape index (κ3) is 8.91. The normalized spacial score (nSPS) is 14.5. The van der Waals surface area contributed by atoms with E-state index in [1.807, 2.05) is 66.7 Å². The smallest absolute Gasteiger partial charge is 0.243 e. The third-order valence-corrected chi connectivity index (χ3v) is 9.10. The summed E-state index contributed by atoms with van der Waals surface area (Å²) in [5.74, 6) is 0.590. The quantitative estimate of drug-likeness (QED) is 0.242. The fourth-order valence-corrected chi connectivity index (χ4v) is 6.25. The average Bonchev–Trinajstić information content (AvgIpc) is 2.94. The standard InChI is InChI=1S/C31H33Cl3N2O2S/c32-26-14-8-7-11-24(26)19-36(30(37)21-39-20-23-15-16-27(33)28(34)17-23)29(18-22-9-3-1-4-10-22)31(38)35-25-12-5-2-6-13-25/h1,3-4,7-11,14-17,25,29H,2,5-6,12-13,18-21H2,(H,35,38)/t29-/m1/s1. The van der Waals surface area contributed by atoms with Gasteiger partial charge in [-0.3, -0.25) is 9.59 Å². The molecule has 39 heavy (non-hydrogen) atoms. The van der Waals surface area contributed by atoms with Crippen molar-refractivity contribution in [1.82, 2.24) is 10.2 Å². The predicted octanol–water partition coefficient (Wildman–Crippen LogP) is 7.97. The second-order valence-electron chi connectivity index (χ2n) is 9.90. The largest absolute Gasteiger partial charge is 0.352 e. The van der Waals surface area contributed by atoms with Gasteiger partial charge in [0, 0.05) is 29.8 Å². The highest BCUT2D eigenvalue weighted by Gasteiger charge is 2.32. The van der Waals surface area contributed by atoms with Crippen LogP contribution in [0, 0.1) is 0 Å². The summed E-state index contributed by atoms with van der Waals surface area (Å²) >= 11 is 20.2. The highest BCUT2D eigenvalue weighted by Crippen LogP contribution is 2.26. The molecule has 2 amide bonds. The molecule has 0 unspecified atom stereocenters. The maximum absolute atomic E-state index is 13.8. The van der Waals surface area contributed by atoms with Crippen LogP contribution in [-0.2, 0) is 28.3 Å². The van der Waals surface area contributed by atoms with Crippen LogP contribution in [0.5, 0.6) is 0 Å². The number of nitrogens with one attached hydrogen (secondary N) is 1. The van der Waals surface area contributed by atoms with Crippen molar-refractivity contribution in [3.8, 4) is 0 Å². The molecule has 4 rings (SSSR count). The number of benzene rings is 3. The molecule has 3 aromatic rings. The minimum absolute atomic E-state index is 0.111. The van der Waals surface area contributed by atoms with Crippen LogP contribution < -0.4 is 5.32 Å². The molecule has 0 radical (unpaired) electrons. The van der Waals surface area contributed by atoms with Crippen LogP contribution in [0.15, 0.2) is 72.8 Å². The maximum Gasteiger partial charge on any atom is 0.243 e. The van der Waals surface area contributed by atoms with Crippen LogP contribution in [0.25, 0.3) is 0 Å². The van der Waals surface area contributed by atoms with Crippen molar-refractivity contribution in [1.29, 1.82) is 0 Å². The van der Waals surface area contributed by atoms with Crippen molar-refractivity contribution in [3.05, 3.63) is 105 Å². The summed E-state index contributed by atoms with van der Waals surface area (Å²) in [4.78, 5) is 29.4. The molecule has 1 atom stereocenters. The molecule has 1 N–H and O–H groups in total. The first kappa shape index (κ1) is 29.8. The van der Waals surface area contributed by atoms with Gasteiger partial charge in [-0.15, -0.1) is 11.8 Å². The van der Waals surface area contributed by atoms with Gasteiger partial charge >= 0.3 is 0 Å². The van der Waals surface area contributed by atoms with Gasteiger partial charge < -0.3 is 10.2 Å². The highest BCUT2D eigenvalue weighted by molar-refractivity contribution is 7.99. The Morgan fingerprint density at radius 2 is 1.56 bits per heavy atom. The summed E-state index contributed by atoms with van der Waals surface area (Å²) in [7, 11) is 0. The molecule has 1 saturated carbocycles. The summed E-state index contributed by atoms with van der Waals surface area (Å²) in [6.45, 7) is 0.251. The van der Waals surface area contributed by atoms with Crippen LogP contribution >= 0.6 is 46.6 Å². The minimum Gasteiger partial charge on any atom is -0.352 e. The van der Waals surface area contributed by atoms with Crippen molar-refractivity contribution in [2.24, 2.45) is 0 Å². The van der Waals surface area contributed by atoms with E-state index in [1.54, 1.807) is 11.0 Å². The van der Waals surface area contributed by atoms with Gasteiger partial charge in [-0.1, -0.05) is 109 Å². The van der Waals surface area contributed by atoms with Gasteiger partial charge in [-0.2, -0.15) is 0 Å². The van der Waals surface area contributed by atoms with E-state index < -0.39 is 6.04 Å². The molecule has 206 valence electrons. The first-order valence-corrected chi connectivity index (χ1v) is 15.6. The van der Waals surface area contributed by atoms with E-state index in [0.29, 0.717) is 27.2 Å². The number of carbonyl (C=O) groups excluding carboxylic acids is 2. The lowest BCUT2D eigenvalue weighted by atomic mass is 9.94. The highest BCUT2D eigenvalue weighted by atomic mass is 35.5. The van der Waals surface area contributed by atoms with E-state index >= 15 is 0 Å². The average molecular weight is 604 g/mol. The molecule has 4 nitrogen and oxygen atoms in total. The Morgan fingerprint density at radius 3 is 2.28 bits per heavy atom. The lowest BCUT2D eigenvalue weighted by Gasteiger charge is -2.33. The summed E-state index contributed by atoms with van der Waals surface area (Å²) in [5.41, 5.74) is 2.79. The van der Waals surface area contributed by atoms with E-state index in [9.17, 15) is 9.59 Å². The van der Waals surface area contributed by atoms with Crippen LogP contribution in [0.1, 0.15) is 48.8 Å². The fraction of sp³-hybridized carbons (Fsp3) is 0.355. The van der Waals surface area contributed by atoms with E-state index in [1.165, 1.54) is 18.2 Å². The molecule has 1 aliphatic carbocycles. The zero-order valence-electron chi connectivity index (χ0n) is 21.8. The first-order valence-electron chi connectivity index (χ1n) is 13.3. The van der Waals surface area contributed by atoms with E-state index in [4.69, 9.17) is 34.8 Å². The van der Waals surface area contributed by atoms with Crippen molar-refractivity contribution in [2.75, 3.05) is 5.75 Å². The lowest BCUT2D eigenvalue weighted by Crippen LogP contribution is -2.53. The van der Waals surface area contributed by atoms with Crippen molar-refractivity contribution >= 4 is 58.4 Å². The molecule has 1 aliphatic rings. The van der Waals surface area contributed by atoms with E-state index in [0.717, 1.165) is 42.4 Å². The van der Waals surface area contributed by atoms with E-state index in [2.05, 4.69) is 5.32 Å². The zero-order chi connectivity index (χ0) is 27.6. The molecule has 0 bridgehead atoms. The second-order valence-corrected chi connectivity index (χ2v) is 12.1. The van der Waals surface area contributed by atoms with Gasteiger partial charge in [0.25, 0.3) is 0 Å². The predicted molar refractivity (Wildman–Crippen MR) is 164 cm³/mol. The Morgan fingerprint density at radius 1 is 0.846 bits per heavy atom. The van der Waals surface area contributed by atoms with Gasteiger partial charge in [0.2, 0.25) is 11.8 Å². The number of hydrogen-bond donors (Lipinski definition) is 1. The minimum atomic E-state index is -0.663. The fourth-order valence-electron chi connectivity index (χ4n) is 4.88. The van der Waals surface area contributed by atoms with Crippen molar-refractivity contribution in [2.45, 2.75) is 62.9 Å². The van der Waals surface area contributed by atoms with Crippen LogP contribution in [0.2, 0.25) is 15.1 Å². The lowest BCUT2D eigenvalue weighted by molar-refractivity contribution is -0.139. The number of halogens is 3. The monoisotopic (exact) mass is 602 g/mol. The number of thioether (sulfide) groups is 1. The summed E-state index contributed by atoms with van der Waals surface area (Å²) in [5, 5.41) is 4.83. The van der Waals surface area contributed by atoms with Gasteiger partial charge in [0.15, 0.2) is 0 Å². The number of carbonyl (C=O) groups is 2. The molecule has 1 fully saturated rings. The Bertz CT molecular complexity index is 1250. The molecule has 0 saturated heterocycles.